The standard InChI is InChI=1S/C11H13N3O4/c1-3-4-9(11(15)16)13-10-7(2)5-8(6-12-10)14(17)18/h3,5-6,9H,1,4H2,2H3,(H,12,13)(H,15,16). The van der Waals surface area contributed by atoms with Crippen molar-refractivity contribution in [3.63, 3.8) is 0 Å². The molecule has 0 aromatic carbocycles. The summed E-state index contributed by atoms with van der Waals surface area (Å²) < 4.78 is 0. The van der Waals surface area contributed by atoms with Gasteiger partial charge in [-0.25, -0.2) is 9.78 Å². The third-order valence-electron chi connectivity index (χ3n) is 2.29. The van der Waals surface area contributed by atoms with Crippen molar-refractivity contribution in [3.05, 3.63) is 40.6 Å². The smallest absolute Gasteiger partial charge is 0.326 e. The fourth-order valence-electron chi connectivity index (χ4n) is 1.36. The average molecular weight is 251 g/mol. The van der Waals surface area contributed by atoms with E-state index in [1.165, 1.54) is 12.1 Å². The number of nitro groups is 1. The quantitative estimate of drug-likeness (QED) is 0.453. The van der Waals surface area contributed by atoms with Gasteiger partial charge in [0, 0.05) is 6.07 Å². The van der Waals surface area contributed by atoms with Crippen molar-refractivity contribution in [3.8, 4) is 0 Å². The van der Waals surface area contributed by atoms with E-state index >= 15 is 0 Å². The molecular formula is C11H13N3O4. The lowest BCUT2D eigenvalue weighted by atomic mass is 10.2. The topological polar surface area (TPSA) is 105 Å². The van der Waals surface area contributed by atoms with Crippen LogP contribution in [-0.2, 0) is 4.79 Å². The Morgan fingerprint density at radius 1 is 1.78 bits per heavy atom. The highest BCUT2D eigenvalue weighted by Crippen LogP contribution is 2.19. The summed E-state index contributed by atoms with van der Waals surface area (Å²) in [5.74, 6) is -0.718. The number of nitrogens with zero attached hydrogens (tertiary/aromatic N) is 2. The van der Waals surface area contributed by atoms with Gasteiger partial charge in [0.2, 0.25) is 0 Å². The zero-order chi connectivity index (χ0) is 13.7. The van der Waals surface area contributed by atoms with Crippen molar-refractivity contribution in [2.24, 2.45) is 0 Å². The molecular weight excluding hydrogens is 238 g/mol. The second-order valence-corrected chi connectivity index (χ2v) is 3.68. The number of hydrogen-bond acceptors (Lipinski definition) is 5. The molecule has 1 aromatic heterocycles. The molecule has 0 radical (unpaired) electrons. The monoisotopic (exact) mass is 251 g/mol. The van der Waals surface area contributed by atoms with E-state index in [2.05, 4.69) is 16.9 Å². The SMILES string of the molecule is C=CCC(Nc1ncc([N+](=O)[O-])cc1C)C(=O)O. The van der Waals surface area contributed by atoms with Gasteiger partial charge in [0.1, 0.15) is 18.1 Å². The third-order valence-corrected chi connectivity index (χ3v) is 2.29. The highest BCUT2D eigenvalue weighted by atomic mass is 16.6. The molecule has 7 heteroatoms. The summed E-state index contributed by atoms with van der Waals surface area (Å²) in [5.41, 5.74) is 0.383. The lowest BCUT2D eigenvalue weighted by molar-refractivity contribution is -0.385. The van der Waals surface area contributed by atoms with Crippen LogP contribution in [0.4, 0.5) is 11.5 Å². The minimum absolute atomic E-state index is 0.131. The highest BCUT2D eigenvalue weighted by molar-refractivity contribution is 5.77. The number of nitrogens with one attached hydrogen (secondary N) is 1. The molecule has 1 rings (SSSR count). The minimum atomic E-state index is -1.03. The molecule has 0 saturated heterocycles. The number of anilines is 1. The van der Waals surface area contributed by atoms with E-state index in [9.17, 15) is 14.9 Å². The molecule has 7 nitrogen and oxygen atoms in total. The number of hydrogen-bond donors (Lipinski definition) is 2. The third kappa shape index (κ3) is 3.27. The molecule has 1 aromatic rings. The Hall–Kier alpha value is -2.44. The Labute approximate surface area is 103 Å². The first kappa shape index (κ1) is 13.6. The number of aliphatic carboxylic acids is 1. The molecule has 0 fully saturated rings. The molecule has 0 aliphatic rings. The molecule has 1 atom stereocenters. The van der Waals surface area contributed by atoms with E-state index in [4.69, 9.17) is 5.11 Å². The molecule has 0 bridgehead atoms. The van der Waals surface area contributed by atoms with Crippen molar-refractivity contribution in [1.29, 1.82) is 0 Å². The van der Waals surface area contributed by atoms with Crippen LogP contribution in [0.3, 0.4) is 0 Å². The van der Waals surface area contributed by atoms with E-state index in [1.54, 1.807) is 6.92 Å². The first-order valence-electron chi connectivity index (χ1n) is 5.17. The van der Waals surface area contributed by atoms with E-state index in [0.29, 0.717) is 11.4 Å². The predicted octanol–water partition coefficient (Wildman–Crippen LogP) is 1.74. The van der Waals surface area contributed by atoms with Gasteiger partial charge < -0.3 is 10.4 Å². The number of aromatic nitrogens is 1. The van der Waals surface area contributed by atoms with E-state index in [-0.39, 0.29) is 12.1 Å². The van der Waals surface area contributed by atoms with Crippen LogP contribution in [0, 0.1) is 17.0 Å². The molecule has 0 saturated carbocycles. The van der Waals surface area contributed by atoms with Crippen LogP contribution < -0.4 is 5.32 Å². The fourth-order valence-corrected chi connectivity index (χ4v) is 1.36. The largest absolute Gasteiger partial charge is 0.480 e. The van der Waals surface area contributed by atoms with Crippen molar-refractivity contribution >= 4 is 17.5 Å². The summed E-state index contributed by atoms with van der Waals surface area (Å²) in [6, 6.07) is 0.484. The molecule has 96 valence electrons. The summed E-state index contributed by atoms with van der Waals surface area (Å²) in [7, 11) is 0. The molecule has 0 amide bonds. The maximum absolute atomic E-state index is 10.9. The molecule has 2 N–H and O–H groups in total. The number of carboxylic acids is 1. The Bertz CT molecular complexity index is 487. The number of carboxylic acid groups (broad SMARTS) is 1. The van der Waals surface area contributed by atoms with E-state index < -0.39 is 16.9 Å². The maximum atomic E-state index is 10.9. The fraction of sp³-hybridized carbons (Fsp3) is 0.273. The summed E-state index contributed by atoms with van der Waals surface area (Å²) in [5, 5.41) is 22.2. The molecule has 1 unspecified atom stereocenters. The van der Waals surface area contributed by atoms with Crippen molar-refractivity contribution < 1.29 is 14.8 Å². The van der Waals surface area contributed by atoms with Crippen molar-refractivity contribution in [2.45, 2.75) is 19.4 Å². The average Bonchev–Trinajstić information content (AvgIpc) is 2.30. The number of carbonyl (C=O) groups is 1. The zero-order valence-corrected chi connectivity index (χ0v) is 9.79. The predicted molar refractivity (Wildman–Crippen MR) is 65.5 cm³/mol. The van der Waals surface area contributed by atoms with Crippen molar-refractivity contribution in [1.82, 2.24) is 4.98 Å². The number of rotatable bonds is 6. The highest BCUT2D eigenvalue weighted by Gasteiger charge is 2.18. The molecule has 0 aliphatic heterocycles. The Morgan fingerprint density at radius 2 is 2.44 bits per heavy atom. The second kappa shape index (κ2) is 5.76. The normalized spacial score (nSPS) is 11.6. The summed E-state index contributed by atoms with van der Waals surface area (Å²) in [6.07, 6.45) is 2.79. The molecule has 0 aliphatic carbocycles. The molecule has 18 heavy (non-hydrogen) atoms. The van der Waals surface area contributed by atoms with Gasteiger partial charge in [-0.1, -0.05) is 6.08 Å². The van der Waals surface area contributed by atoms with Gasteiger partial charge in [0.25, 0.3) is 5.69 Å². The summed E-state index contributed by atoms with van der Waals surface area (Å²) in [4.78, 5) is 24.8. The first-order valence-corrected chi connectivity index (χ1v) is 5.17. The summed E-state index contributed by atoms with van der Waals surface area (Å²) >= 11 is 0. The van der Waals surface area contributed by atoms with Crippen LogP contribution in [-0.4, -0.2) is 27.0 Å². The molecule has 0 spiro atoms. The van der Waals surface area contributed by atoms with Crippen LogP contribution in [0.25, 0.3) is 0 Å². The van der Waals surface area contributed by atoms with Crippen molar-refractivity contribution in [2.75, 3.05) is 5.32 Å². The first-order chi connectivity index (χ1) is 8.45. The lowest BCUT2D eigenvalue weighted by Gasteiger charge is -2.14. The van der Waals surface area contributed by atoms with Crippen LogP contribution in [0.5, 0.6) is 0 Å². The van der Waals surface area contributed by atoms with Crippen LogP contribution in [0.2, 0.25) is 0 Å². The van der Waals surface area contributed by atoms with Crippen LogP contribution >= 0.6 is 0 Å². The van der Waals surface area contributed by atoms with Gasteiger partial charge in [-0.05, 0) is 18.9 Å². The van der Waals surface area contributed by atoms with Crippen LogP contribution in [0.1, 0.15) is 12.0 Å². The van der Waals surface area contributed by atoms with Gasteiger partial charge >= 0.3 is 5.97 Å². The Morgan fingerprint density at radius 3 is 2.89 bits per heavy atom. The van der Waals surface area contributed by atoms with Gasteiger partial charge in [-0.2, -0.15) is 0 Å². The summed E-state index contributed by atoms with van der Waals surface area (Å²) in [6.45, 7) is 5.09. The van der Waals surface area contributed by atoms with Gasteiger partial charge in [-0.3, -0.25) is 10.1 Å². The van der Waals surface area contributed by atoms with Gasteiger partial charge in [0.05, 0.1) is 4.92 Å². The Balaban J connectivity index is 2.93. The van der Waals surface area contributed by atoms with Gasteiger partial charge in [-0.15, -0.1) is 6.58 Å². The minimum Gasteiger partial charge on any atom is -0.480 e. The lowest BCUT2D eigenvalue weighted by Crippen LogP contribution is -2.29. The van der Waals surface area contributed by atoms with E-state index in [1.807, 2.05) is 0 Å². The maximum Gasteiger partial charge on any atom is 0.326 e. The second-order valence-electron chi connectivity index (χ2n) is 3.68. The number of aryl methyl sites for hydroxylation is 1. The van der Waals surface area contributed by atoms with Crippen LogP contribution in [0.15, 0.2) is 24.9 Å². The van der Waals surface area contributed by atoms with Gasteiger partial charge in [0.15, 0.2) is 0 Å². The number of pyridine rings is 1. The zero-order valence-electron chi connectivity index (χ0n) is 9.79. The van der Waals surface area contributed by atoms with E-state index in [0.717, 1.165) is 6.20 Å². The Kier molecular flexibility index (Phi) is 4.36. The molecule has 1 heterocycles.